The molecule has 1 fully saturated rings. The molecule has 2 aromatic rings. The van der Waals surface area contributed by atoms with Crippen molar-refractivity contribution >= 4 is 5.91 Å². The quantitative estimate of drug-likeness (QED) is 0.865. The van der Waals surface area contributed by atoms with Crippen LogP contribution in [-0.2, 0) is 4.79 Å². The number of benzene rings is 1. The number of carbonyl (C=O) groups excluding carboxylic acids is 1. The minimum absolute atomic E-state index is 0.0832. The van der Waals surface area contributed by atoms with E-state index in [0.29, 0.717) is 17.2 Å². The first-order valence-corrected chi connectivity index (χ1v) is 9.59. The Balaban J connectivity index is 1.71. The summed E-state index contributed by atoms with van der Waals surface area (Å²) in [7, 11) is 0. The first-order valence-electron chi connectivity index (χ1n) is 9.59. The third-order valence-corrected chi connectivity index (χ3v) is 5.61. The first kappa shape index (κ1) is 18.6. The van der Waals surface area contributed by atoms with Crippen molar-refractivity contribution in [3.05, 3.63) is 47.5 Å². The van der Waals surface area contributed by atoms with Crippen LogP contribution in [0.2, 0.25) is 0 Å². The number of hydrogen-bond acceptors (Lipinski definition) is 3. The van der Waals surface area contributed by atoms with Crippen molar-refractivity contribution in [3.63, 3.8) is 0 Å². The van der Waals surface area contributed by atoms with Gasteiger partial charge in [0.25, 0.3) is 0 Å². The van der Waals surface area contributed by atoms with Gasteiger partial charge in [-0.15, -0.1) is 0 Å². The van der Waals surface area contributed by atoms with Gasteiger partial charge in [-0.25, -0.2) is 4.98 Å². The molecule has 5 nitrogen and oxygen atoms in total. The number of aryl methyl sites for hydroxylation is 1. The molecule has 0 bridgehead atoms. The van der Waals surface area contributed by atoms with Gasteiger partial charge in [0.05, 0.1) is 0 Å². The molecular formula is C21H30N4O. The molecule has 1 aromatic heterocycles. The zero-order chi connectivity index (χ0) is 18.7. The lowest BCUT2D eigenvalue weighted by molar-refractivity contribution is -0.127. The number of hydrogen-bond donors (Lipinski definition) is 2. The van der Waals surface area contributed by atoms with Gasteiger partial charge in [0, 0.05) is 5.92 Å². The molecular weight excluding hydrogens is 324 g/mol. The van der Waals surface area contributed by atoms with Gasteiger partial charge in [0.15, 0.2) is 5.82 Å². The van der Waals surface area contributed by atoms with Crippen LogP contribution >= 0.6 is 0 Å². The van der Waals surface area contributed by atoms with Gasteiger partial charge in [0.2, 0.25) is 5.91 Å². The highest BCUT2D eigenvalue weighted by molar-refractivity contribution is 5.79. The van der Waals surface area contributed by atoms with E-state index in [-0.39, 0.29) is 17.9 Å². The van der Waals surface area contributed by atoms with Crippen LogP contribution in [0.15, 0.2) is 30.3 Å². The maximum atomic E-state index is 12.9. The molecule has 1 aliphatic carbocycles. The van der Waals surface area contributed by atoms with Crippen molar-refractivity contribution in [2.45, 2.75) is 59.4 Å². The second-order valence-corrected chi connectivity index (χ2v) is 8.55. The molecule has 0 saturated heterocycles. The molecule has 1 saturated carbocycles. The van der Waals surface area contributed by atoms with Gasteiger partial charge in [-0.05, 0) is 49.5 Å². The third kappa shape index (κ3) is 4.32. The summed E-state index contributed by atoms with van der Waals surface area (Å²) in [5.74, 6) is 2.27. The maximum Gasteiger partial charge on any atom is 0.223 e. The van der Waals surface area contributed by atoms with Crippen LogP contribution in [0.3, 0.4) is 0 Å². The van der Waals surface area contributed by atoms with Crippen LogP contribution in [-0.4, -0.2) is 21.1 Å². The number of carbonyl (C=O) groups is 1. The van der Waals surface area contributed by atoms with Crippen LogP contribution in [0.4, 0.5) is 0 Å². The van der Waals surface area contributed by atoms with Crippen molar-refractivity contribution < 1.29 is 4.79 Å². The van der Waals surface area contributed by atoms with Crippen molar-refractivity contribution in [1.82, 2.24) is 20.5 Å². The minimum Gasteiger partial charge on any atom is -0.342 e. The monoisotopic (exact) mass is 354 g/mol. The lowest BCUT2D eigenvalue weighted by atomic mass is 9.69. The third-order valence-electron chi connectivity index (χ3n) is 5.61. The normalized spacial score (nSPS) is 22.0. The van der Waals surface area contributed by atoms with Gasteiger partial charge in [0.1, 0.15) is 11.9 Å². The molecule has 3 rings (SSSR count). The Morgan fingerprint density at radius 3 is 2.35 bits per heavy atom. The largest absolute Gasteiger partial charge is 0.342 e. The van der Waals surface area contributed by atoms with Gasteiger partial charge >= 0.3 is 0 Å². The fraction of sp³-hybridized carbons (Fsp3) is 0.571. The smallest absolute Gasteiger partial charge is 0.223 e. The molecule has 1 amide bonds. The number of aromatic amines is 1. The highest BCUT2D eigenvalue weighted by Crippen LogP contribution is 2.40. The van der Waals surface area contributed by atoms with E-state index in [4.69, 9.17) is 0 Å². The summed E-state index contributed by atoms with van der Waals surface area (Å²) in [5, 5.41) is 10.4. The predicted octanol–water partition coefficient (Wildman–Crippen LogP) is 4.17. The number of nitrogens with one attached hydrogen (secondary N) is 2. The van der Waals surface area contributed by atoms with E-state index in [1.807, 2.05) is 37.3 Å². The van der Waals surface area contributed by atoms with E-state index in [0.717, 1.165) is 37.1 Å². The summed E-state index contributed by atoms with van der Waals surface area (Å²) in [6, 6.07) is 9.62. The Hall–Kier alpha value is -2.17. The number of nitrogens with zero attached hydrogens (tertiary/aromatic N) is 2. The zero-order valence-corrected chi connectivity index (χ0v) is 16.2. The number of rotatable bonds is 4. The van der Waals surface area contributed by atoms with Crippen LogP contribution in [0, 0.1) is 24.2 Å². The number of amides is 1. The lowest BCUT2D eigenvalue weighted by Crippen LogP contribution is -2.38. The predicted molar refractivity (Wildman–Crippen MR) is 102 cm³/mol. The SMILES string of the molecule is Cc1nc(C(NC(=O)C2CCC(C(C)(C)C)CC2)c2ccccc2)n[nH]1. The number of aromatic nitrogens is 3. The highest BCUT2D eigenvalue weighted by Gasteiger charge is 2.33. The Kier molecular flexibility index (Phi) is 5.44. The van der Waals surface area contributed by atoms with Crippen LogP contribution in [0.1, 0.15) is 69.7 Å². The fourth-order valence-corrected chi connectivity index (χ4v) is 3.91. The van der Waals surface area contributed by atoms with Gasteiger partial charge in [-0.1, -0.05) is 51.1 Å². The molecule has 1 heterocycles. The van der Waals surface area contributed by atoms with Crippen molar-refractivity contribution in [2.75, 3.05) is 0 Å². The van der Waals surface area contributed by atoms with Gasteiger partial charge in [-0.3, -0.25) is 9.89 Å². The molecule has 26 heavy (non-hydrogen) atoms. The van der Waals surface area contributed by atoms with Crippen LogP contribution in [0.25, 0.3) is 0 Å². The van der Waals surface area contributed by atoms with Crippen molar-refractivity contribution in [3.8, 4) is 0 Å². The van der Waals surface area contributed by atoms with E-state index in [1.54, 1.807) is 0 Å². The highest BCUT2D eigenvalue weighted by atomic mass is 16.2. The molecule has 5 heteroatoms. The van der Waals surface area contributed by atoms with E-state index in [9.17, 15) is 4.79 Å². The molecule has 0 aliphatic heterocycles. The van der Waals surface area contributed by atoms with E-state index in [2.05, 4.69) is 41.3 Å². The van der Waals surface area contributed by atoms with Crippen LogP contribution in [0.5, 0.6) is 0 Å². The second kappa shape index (κ2) is 7.60. The van der Waals surface area contributed by atoms with Gasteiger partial charge in [-0.2, -0.15) is 5.10 Å². The summed E-state index contributed by atoms with van der Waals surface area (Å²) >= 11 is 0. The molecule has 1 aromatic carbocycles. The molecule has 140 valence electrons. The van der Waals surface area contributed by atoms with Crippen molar-refractivity contribution in [2.24, 2.45) is 17.3 Å². The average molecular weight is 354 g/mol. The summed E-state index contributed by atoms with van der Waals surface area (Å²) in [5.41, 5.74) is 1.33. The zero-order valence-electron chi connectivity index (χ0n) is 16.2. The summed E-state index contributed by atoms with van der Waals surface area (Å²) in [6.45, 7) is 8.77. The standard InChI is InChI=1S/C21H30N4O/c1-14-22-19(25-24-14)18(15-8-6-5-7-9-15)23-20(26)16-10-12-17(13-11-16)21(2,3)4/h5-9,16-18H,10-13H2,1-4H3,(H,23,26)(H,22,24,25). The second-order valence-electron chi connectivity index (χ2n) is 8.55. The van der Waals surface area contributed by atoms with E-state index >= 15 is 0 Å². The Morgan fingerprint density at radius 2 is 1.81 bits per heavy atom. The Morgan fingerprint density at radius 1 is 1.15 bits per heavy atom. The molecule has 1 aliphatic rings. The Bertz CT molecular complexity index is 724. The molecule has 2 N–H and O–H groups in total. The Labute approximate surface area is 156 Å². The summed E-state index contributed by atoms with van der Waals surface area (Å²) in [6.07, 6.45) is 4.17. The molecule has 1 unspecified atom stereocenters. The lowest BCUT2D eigenvalue weighted by Gasteiger charge is -2.36. The van der Waals surface area contributed by atoms with E-state index < -0.39 is 0 Å². The van der Waals surface area contributed by atoms with Crippen LogP contribution < -0.4 is 5.32 Å². The summed E-state index contributed by atoms with van der Waals surface area (Å²) < 4.78 is 0. The first-order chi connectivity index (χ1) is 12.3. The molecule has 0 radical (unpaired) electrons. The maximum absolute atomic E-state index is 12.9. The van der Waals surface area contributed by atoms with Crippen molar-refractivity contribution in [1.29, 1.82) is 0 Å². The van der Waals surface area contributed by atoms with E-state index in [1.165, 1.54) is 0 Å². The molecule has 0 spiro atoms. The average Bonchev–Trinajstić information content (AvgIpc) is 3.05. The topological polar surface area (TPSA) is 70.7 Å². The van der Waals surface area contributed by atoms with Gasteiger partial charge < -0.3 is 5.32 Å². The summed E-state index contributed by atoms with van der Waals surface area (Å²) in [4.78, 5) is 17.4. The number of H-pyrrole nitrogens is 1. The molecule has 1 atom stereocenters. The fourth-order valence-electron chi connectivity index (χ4n) is 3.91. The minimum atomic E-state index is -0.311.